The van der Waals surface area contributed by atoms with Crippen molar-refractivity contribution in [3.8, 4) is 17.1 Å². The second-order valence-corrected chi connectivity index (χ2v) is 6.37. The molecule has 8 heteroatoms. The van der Waals surface area contributed by atoms with Gasteiger partial charge in [0, 0.05) is 10.6 Å². The summed E-state index contributed by atoms with van der Waals surface area (Å²) in [5, 5.41) is 0.437. The Bertz CT molecular complexity index is 790. The molecule has 0 spiro atoms. The van der Waals surface area contributed by atoms with Gasteiger partial charge in [-0.3, -0.25) is 0 Å². The Morgan fingerprint density at radius 2 is 1.85 bits per heavy atom. The molecule has 0 aliphatic rings. The summed E-state index contributed by atoms with van der Waals surface area (Å²) in [6.07, 6.45) is -4.79. The third-order valence-electron chi connectivity index (χ3n) is 3.37. The molecule has 2 aromatic rings. The highest BCUT2D eigenvalue weighted by Gasteiger charge is 2.39. The van der Waals surface area contributed by atoms with Crippen molar-refractivity contribution in [3.63, 3.8) is 0 Å². The van der Waals surface area contributed by atoms with Crippen molar-refractivity contribution in [2.75, 3.05) is 13.7 Å². The molecular formula is C18H17ClF3NO3. The van der Waals surface area contributed by atoms with Crippen LogP contribution in [0.15, 0.2) is 30.3 Å². The molecule has 0 amide bonds. The Morgan fingerprint density at radius 3 is 2.35 bits per heavy atom. The first-order valence-electron chi connectivity index (χ1n) is 7.72. The highest BCUT2D eigenvalue weighted by Crippen LogP contribution is 2.38. The van der Waals surface area contributed by atoms with Crippen LogP contribution in [0.25, 0.3) is 11.3 Å². The van der Waals surface area contributed by atoms with Crippen LogP contribution in [0, 0.1) is 5.92 Å². The van der Waals surface area contributed by atoms with Gasteiger partial charge in [-0.05, 0) is 24.1 Å². The number of benzene rings is 1. The van der Waals surface area contributed by atoms with Gasteiger partial charge in [-0.15, -0.1) is 0 Å². The molecule has 2 rings (SSSR count). The maximum atomic E-state index is 13.6. The minimum absolute atomic E-state index is 0.0143. The van der Waals surface area contributed by atoms with Gasteiger partial charge in [0.2, 0.25) is 5.88 Å². The lowest BCUT2D eigenvalue weighted by Gasteiger charge is -2.18. The van der Waals surface area contributed by atoms with E-state index < -0.39 is 29.2 Å². The molecule has 0 atom stereocenters. The van der Waals surface area contributed by atoms with E-state index in [1.165, 1.54) is 24.3 Å². The smallest absolute Gasteiger partial charge is 0.417 e. The lowest BCUT2D eigenvalue weighted by Crippen LogP contribution is -2.18. The minimum atomic E-state index is -4.79. The zero-order valence-corrected chi connectivity index (χ0v) is 15.1. The van der Waals surface area contributed by atoms with Crippen molar-refractivity contribution in [1.29, 1.82) is 0 Å². The number of aromatic nitrogens is 1. The second kappa shape index (κ2) is 7.95. The zero-order valence-electron chi connectivity index (χ0n) is 14.4. The highest BCUT2D eigenvalue weighted by molar-refractivity contribution is 6.30. The molecule has 0 radical (unpaired) electrons. The van der Waals surface area contributed by atoms with Crippen LogP contribution in [0.3, 0.4) is 0 Å². The number of methoxy groups -OCH3 is 1. The Balaban J connectivity index is 2.69. The van der Waals surface area contributed by atoms with Gasteiger partial charge in [0.15, 0.2) is 0 Å². The summed E-state index contributed by atoms with van der Waals surface area (Å²) in [5.41, 5.74) is -1.48. The molecule has 1 heterocycles. The molecule has 0 N–H and O–H groups in total. The number of carbonyl (C=O) groups excluding carboxylic acids is 1. The molecule has 0 saturated carbocycles. The number of pyridine rings is 1. The molecule has 4 nitrogen and oxygen atoms in total. The normalized spacial score (nSPS) is 11.5. The fourth-order valence-corrected chi connectivity index (χ4v) is 2.29. The van der Waals surface area contributed by atoms with Gasteiger partial charge in [0.25, 0.3) is 0 Å². The Labute approximate surface area is 153 Å². The molecule has 26 heavy (non-hydrogen) atoms. The molecule has 0 bridgehead atoms. The maximum absolute atomic E-state index is 13.6. The maximum Gasteiger partial charge on any atom is 0.417 e. The summed E-state index contributed by atoms with van der Waals surface area (Å²) in [4.78, 5) is 16.1. The molecule has 0 aliphatic carbocycles. The van der Waals surface area contributed by atoms with Gasteiger partial charge in [-0.25, -0.2) is 9.78 Å². The fourth-order valence-electron chi connectivity index (χ4n) is 2.16. The van der Waals surface area contributed by atoms with Crippen molar-refractivity contribution in [2.45, 2.75) is 20.0 Å². The van der Waals surface area contributed by atoms with Crippen molar-refractivity contribution < 1.29 is 27.4 Å². The van der Waals surface area contributed by atoms with E-state index in [0.29, 0.717) is 10.6 Å². The third kappa shape index (κ3) is 4.66. The Morgan fingerprint density at radius 1 is 1.23 bits per heavy atom. The van der Waals surface area contributed by atoms with Crippen molar-refractivity contribution >= 4 is 17.6 Å². The molecule has 140 valence electrons. The van der Waals surface area contributed by atoms with E-state index in [2.05, 4.69) is 9.72 Å². The summed E-state index contributed by atoms with van der Waals surface area (Å²) in [6, 6.07) is 6.95. The monoisotopic (exact) mass is 387 g/mol. The highest BCUT2D eigenvalue weighted by atomic mass is 35.5. The number of nitrogens with zero attached hydrogens (tertiary/aromatic N) is 1. The number of rotatable bonds is 5. The number of halogens is 4. The molecule has 0 fully saturated rings. The lowest BCUT2D eigenvalue weighted by molar-refractivity contribution is -0.138. The van der Waals surface area contributed by atoms with Crippen LogP contribution in [0.4, 0.5) is 13.2 Å². The summed E-state index contributed by atoms with van der Waals surface area (Å²) < 4.78 is 50.6. The van der Waals surface area contributed by atoms with Crippen LogP contribution in [0.2, 0.25) is 5.02 Å². The standard InChI is InChI=1S/C18H17ClF3NO3/c1-10(2)9-26-16-15(17(24)25-3)13(18(20,21)22)8-14(23-16)11-4-6-12(19)7-5-11/h4-8,10H,9H2,1-3H3. The van der Waals surface area contributed by atoms with Crippen molar-refractivity contribution in [3.05, 3.63) is 46.5 Å². The Kier molecular flexibility index (Phi) is 6.13. The van der Waals surface area contributed by atoms with E-state index in [0.717, 1.165) is 13.2 Å². The van der Waals surface area contributed by atoms with Crippen LogP contribution < -0.4 is 4.74 Å². The van der Waals surface area contributed by atoms with E-state index >= 15 is 0 Å². The third-order valence-corrected chi connectivity index (χ3v) is 3.63. The zero-order chi connectivity index (χ0) is 19.5. The van der Waals surface area contributed by atoms with E-state index in [-0.39, 0.29) is 18.2 Å². The van der Waals surface area contributed by atoms with Gasteiger partial charge in [-0.1, -0.05) is 37.6 Å². The van der Waals surface area contributed by atoms with Crippen molar-refractivity contribution in [2.24, 2.45) is 5.92 Å². The van der Waals surface area contributed by atoms with Crippen molar-refractivity contribution in [1.82, 2.24) is 4.98 Å². The second-order valence-electron chi connectivity index (χ2n) is 5.94. The SMILES string of the molecule is COC(=O)c1c(C(F)(F)F)cc(-c2ccc(Cl)cc2)nc1OCC(C)C. The molecular weight excluding hydrogens is 371 g/mol. The number of alkyl halides is 3. The summed E-state index contributed by atoms with van der Waals surface area (Å²) in [7, 11) is 1.00. The summed E-state index contributed by atoms with van der Waals surface area (Å²) in [6.45, 7) is 3.75. The largest absolute Gasteiger partial charge is 0.477 e. The predicted molar refractivity (Wildman–Crippen MR) is 91.4 cm³/mol. The lowest BCUT2D eigenvalue weighted by atomic mass is 10.0. The number of hydrogen-bond acceptors (Lipinski definition) is 4. The van der Waals surface area contributed by atoms with Crippen LogP contribution >= 0.6 is 11.6 Å². The van der Waals surface area contributed by atoms with Gasteiger partial charge >= 0.3 is 12.1 Å². The fraction of sp³-hybridized carbons (Fsp3) is 0.333. The number of hydrogen-bond donors (Lipinski definition) is 0. The average molecular weight is 388 g/mol. The van der Waals surface area contributed by atoms with E-state index in [1.54, 1.807) is 0 Å². The van der Waals surface area contributed by atoms with E-state index in [1.807, 2.05) is 13.8 Å². The molecule has 0 saturated heterocycles. The molecule has 0 unspecified atom stereocenters. The first-order chi connectivity index (χ1) is 12.1. The average Bonchev–Trinajstić information content (AvgIpc) is 2.58. The number of esters is 1. The predicted octanol–water partition coefficient (Wildman–Crippen LogP) is 5.24. The van der Waals surface area contributed by atoms with Crippen LogP contribution in [-0.2, 0) is 10.9 Å². The van der Waals surface area contributed by atoms with Gasteiger partial charge in [-0.2, -0.15) is 13.2 Å². The van der Waals surface area contributed by atoms with Crippen LogP contribution in [-0.4, -0.2) is 24.7 Å². The number of ether oxygens (including phenoxy) is 2. The first kappa shape index (κ1) is 20.0. The van der Waals surface area contributed by atoms with Crippen LogP contribution in [0.1, 0.15) is 29.8 Å². The molecule has 0 aliphatic heterocycles. The van der Waals surface area contributed by atoms with Crippen LogP contribution in [0.5, 0.6) is 5.88 Å². The van der Waals surface area contributed by atoms with Gasteiger partial charge in [0.05, 0.1) is 25.0 Å². The minimum Gasteiger partial charge on any atom is -0.477 e. The first-order valence-corrected chi connectivity index (χ1v) is 8.10. The number of carbonyl (C=O) groups is 1. The quantitative estimate of drug-likeness (QED) is 0.658. The van der Waals surface area contributed by atoms with E-state index in [4.69, 9.17) is 16.3 Å². The summed E-state index contributed by atoms with van der Waals surface area (Å²) >= 11 is 5.82. The van der Waals surface area contributed by atoms with Gasteiger partial charge in [0.1, 0.15) is 5.56 Å². The van der Waals surface area contributed by atoms with E-state index in [9.17, 15) is 18.0 Å². The Hall–Kier alpha value is -2.28. The topological polar surface area (TPSA) is 48.4 Å². The van der Waals surface area contributed by atoms with Gasteiger partial charge < -0.3 is 9.47 Å². The molecule has 1 aromatic carbocycles. The summed E-state index contributed by atoms with van der Waals surface area (Å²) in [5.74, 6) is -1.55. The molecule has 1 aromatic heterocycles.